The quantitative estimate of drug-likeness (QED) is 0.124. The van der Waals surface area contributed by atoms with Crippen molar-refractivity contribution in [3.8, 4) is 0 Å². The Kier molecular flexibility index (Phi) is 24.5. The monoisotopic (exact) mass is 353 g/mol. The van der Waals surface area contributed by atoms with Gasteiger partial charge in [-0.3, -0.25) is 18.2 Å². The molecule has 0 aliphatic heterocycles. The second kappa shape index (κ2) is 13.5. The molecule has 0 heterocycles. The van der Waals surface area contributed by atoms with E-state index in [1.165, 1.54) is 0 Å². The van der Waals surface area contributed by atoms with Gasteiger partial charge in [0, 0.05) is 0 Å². The maximum atomic E-state index is 9.51. The molecule has 0 radical (unpaired) electrons. The molecule has 0 aromatic carbocycles. The number of rotatable bonds is 3. The van der Waals surface area contributed by atoms with Gasteiger partial charge in [0.05, 0.1) is 0 Å². The number of hydrogen-bond acceptors (Lipinski definition) is 8. The van der Waals surface area contributed by atoms with Crippen LogP contribution in [0.2, 0.25) is 0 Å². The first-order valence-electron chi connectivity index (χ1n) is 2.06. The van der Waals surface area contributed by atoms with Crippen LogP contribution in [0.3, 0.4) is 0 Å². The van der Waals surface area contributed by atoms with Crippen molar-refractivity contribution in [2.75, 3.05) is 0 Å². The Morgan fingerprint density at radius 2 is 1.00 bits per heavy atom. The minimum absolute atomic E-state index is 0. The molecule has 0 atom stereocenters. The molecule has 106 valence electrons. The van der Waals surface area contributed by atoms with Gasteiger partial charge >= 0.3 is 50.4 Å². The van der Waals surface area contributed by atoms with Crippen LogP contribution in [0.15, 0.2) is 0 Å². The van der Waals surface area contributed by atoms with E-state index in [-0.39, 0.29) is 48.1 Å². The van der Waals surface area contributed by atoms with Crippen molar-refractivity contribution in [2.45, 2.75) is 0 Å². The zero-order chi connectivity index (χ0) is 12.0. The summed E-state index contributed by atoms with van der Waals surface area (Å²) < 4.78 is 81.7. The molecule has 7 N–H and O–H groups in total. The zero-order valence-electron chi connectivity index (χ0n) is 6.99. The molecule has 0 aliphatic carbocycles. The van der Waals surface area contributed by atoms with Crippen LogP contribution in [0.25, 0.3) is 0 Å². The van der Waals surface area contributed by atoms with Gasteiger partial charge in [-0.15, -0.1) is 12.4 Å². The molecule has 0 aliphatic rings. The first-order valence-corrected chi connectivity index (χ1v) is 5.86. The maximum absolute atomic E-state index is 9.51. The van der Waals surface area contributed by atoms with Gasteiger partial charge in [-0.2, -0.15) is 21.0 Å². The van der Waals surface area contributed by atoms with Crippen molar-refractivity contribution < 1.29 is 47.9 Å². The van der Waals surface area contributed by atoms with Crippen LogP contribution in [-0.2, 0) is 40.8 Å². The molecule has 0 aromatic rings. The summed E-state index contributed by atoms with van der Waals surface area (Å²) >= 11 is -2.61. The summed E-state index contributed by atoms with van der Waals surface area (Å²) in [7, 11) is -10.0. The first-order chi connectivity index (χ1) is 5.94. The van der Waals surface area contributed by atoms with E-state index >= 15 is 0 Å². The van der Waals surface area contributed by atoms with Gasteiger partial charge in [0.15, 0.2) is 0 Å². The van der Waals surface area contributed by atoms with Crippen molar-refractivity contribution in [3.63, 3.8) is 0 Å². The summed E-state index contributed by atoms with van der Waals surface area (Å²) in [6, 6.07) is 0. The van der Waals surface area contributed by atoms with E-state index in [1.54, 1.807) is 0 Å². The molecule has 0 bridgehead atoms. The average molecular weight is 354 g/mol. The van der Waals surface area contributed by atoms with Crippen molar-refractivity contribution in [1.29, 1.82) is 0 Å². The third kappa shape index (κ3) is 59.6. The molecule has 17 heavy (non-hydrogen) atoms. The van der Waals surface area contributed by atoms with E-state index in [9.17, 15) is 16.8 Å². The summed E-state index contributed by atoms with van der Waals surface area (Å²) in [5, 5.41) is 0. The molecule has 0 saturated carbocycles. The SMILES string of the molecule is Cl.N.O=S(=O)(O)OOS(=O)(=O)O.O=S(O)O.[NaH]. The Morgan fingerprint density at radius 3 is 1.06 bits per heavy atom. The van der Waals surface area contributed by atoms with Crippen LogP contribution >= 0.6 is 12.4 Å². The van der Waals surface area contributed by atoms with Crippen molar-refractivity contribution in [1.82, 2.24) is 6.15 Å². The molecule has 0 rings (SSSR count). The molecule has 0 spiro atoms. The molecule has 0 aromatic heterocycles. The fourth-order valence-electron chi connectivity index (χ4n) is 0.0702. The Labute approximate surface area is 127 Å². The van der Waals surface area contributed by atoms with E-state index in [0.717, 1.165) is 0 Å². The average Bonchev–Trinajstić information content (AvgIpc) is 1.79. The summed E-state index contributed by atoms with van der Waals surface area (Å²) in [5.41, 5.74) is 0. The second-order valence-electron chi connectivity index (χ2n) is 1.22. The zero-order valence-corrected chi connectivity index (χ0v) is 10.3. The van der Waals surface area contributed by atoms with Crippen molar-refractivity contribution in [2.24, 2.45) is 0 Å². The minimum atomic E-state index is -5.02. The van der Waals surface area contributed by atoms with Gasteiger partial charge in [0.2, 0.25) is 0 Å². The van der Waals surface area contributed by atoms with Crippen LogP contribution < -0.4 is 6.15 Å². The van der Waals surface area contributed by atoms with Gasteiger partial charge in [0.25, 0.3) is 11.4 Å². The van der Waals surface area contributed by atoms with Crippen LogP contribution in [0.4, 0.5) is 0 Å². The summed E-state index contributed by atoms with van der Waals surface area (Å²) in [4.78, 5) is 0. The summed E-state index contributed by atoms with van der Waals surface area (Å²) in [6.45, 7) is 0. The molecule has 0 fully saturated rings. The fourth-order valence-corrected chi connectivity index (χ4v) is 0.632. The Hall–Kier alpha value is 1.06. The van der Waals surface area contributed by atoms with E-state index in [4.69, 9.17) is 22.4 Å². The predicted octanol–water partition coefficient (Wildman–Crippen LogP) is -1.84. The molecule has 0 unspecified atom stereocenters. The van der Waals surface area contributed by atoms with Crippen LogP contribution in [-0.4, -0.2) is 68.8 Å². The van der Waals surface area contributed by atoms with E-state index < -0.39 is 32.2 Å². The molecule has 17 heteroatoms. The Bertz CT molecular complexity index is 334. The number of hydrogen-bond donors (Lipinski definition) is 5. The second-order valence-corrected chi connectivity index (χ2v) is 3.67. The first kappa shape index (κ1) is 30.8. The molecule has 0 amide bonds. The van der Waals surface area contributed by atoms with Crippen LogP contribution in [0.1, 0.15) is 0 Å². The van der Waals surface area contributed by atoms with E-state index in [0.29, 0.717) is 0 Å². The van der Waals surface area contributed by atoms with Crippen molar-refractivity contribution in [3.05, 3.63) is 0 Å². The van der Waals surface area contributed by atoms with Crippen LogP contribution in [0, 0.1) is 0 Å². The van der Waals surface area contributed by atoms with Gasteiger partial charge in [-0.25, -0.2) is 0 Å². The molecule has 12 nitrogen and oxygen atoms in total. The molecular weight excluding hydrogens is 345 g/mol. The normalized spacial score (nSPS) is 9.94. The predicted molar refractivity (Wildman–Crippen MR) is 58.1 cm³/mol. The fraction of sp³-hybridized carbons (Fsp3) is 0. The Morgan fingerprint density at radius 1 is 0.882 bits per heavy atom. The third-order valence-electron chi connectivity index (χ3n) is 0.200. The number of halogens is 1. The molecule has 0 saturated heterocycles. The van der Waals surface area contributed by atoms with Gasteiger partial charge < -0.3 is 6.15 Å². The van der Waals surface area contributed by atoms with E-state index in [1.807, 2.05) is 0 Å². The van der Waals surface area contributed by atoms with E-state index in [2.05, 4.69) is 8.67 Å². The molecular formula is H9ClNNaO11S3. The standard InChI is InChI=1S/ClH.H3N.Na.H2O8S2.H2O3S.H/c;;;1-9(2,3)7-8-10(4,5)6;1-4(2)3;/h1H;1H3;;(H,1,2,3)(H,4,5,6);(H2,1,2,3);. The van der Waals surface area contributed by atoms with Crippen molar-refractivity contribution >= 4 is 74.1 Å². The Balaban J connectivity index is -0.0000000607. The van der Waals surface area contributed by atoms with Crippen LogP contribution in [0.5, 0.6) is 0 Å². The summed E-state index contributed by atoms with van der Waals surface area (Å²) in [5.74, 6) is 0. The topological polar surface area (TPSA) is 220 Å². The van der Waals surface area contributed by atoms with Gasteiger partial charge in [-0.1, -0.05) is 8.67 Å². The third-order valence-corrected chi connectivity index (χ3v) is 0.766. The van der Waals surface area contributed by atoms with Gasteiger partial charge in [0.1, 0.15) is 0 Å². The summed E-state index contributed by atoms with van der Waals surface area (Å²) in [6.07, 6.45) is 0. The van der Waals surface area contributed by atoms with Gasteiger partial charge in [-0.05, 0) is 0 Å².